The van der Waals surface area contributed by atoms with E-state index in [1.165, 1.54) is 16.9 Å². The summed E-state index contributed by atoms with van der Waals surface area (Å²) < 4.78 is 9.66. The number of carbonyl (C=O) groups excluding carboxylic acids is 1. The van der Waals surface area contributed by atoms with E-state index in [9.17, 15) is 9.59 Å². The van der Waals surface area contributed by atoms with Crippen molar-refractivity contribution in [2.75, 3.05) is 6.61 Å². The lowest BCUT2D eigenvalue weighted by Gasteiger charge is -2.25. The van der Waals surface area contributed by atoms with Crippen LogP contribution in [0.1, 0.15) is 42.4 Å². The van der Waals surface area contributed by atoms with Crippen molar-refractivity contribution in [1.29, 1.82) is 0 Å². The number of esters is 1. The highest BCUT2D eigenvalue weighted by atomic mass is 35.5. The van der Waals surface area contributed by atoms with Gasteiger partial charge in [-0.1, -0.05) is 83.6 Å². The fourth-order valence-corrected chi connectivity index (χ4v) is 6.97. The number of hydrogen-bond donors (Lipinski definition) is 0. The molecule has 0 radical (unpaired) electrons. The monoisotopic (exact) mass is 607 g/mol. The third kappa shape index (κ3) is 5.19. The van der Waals surface area contributed by atoms with Crippen LogP contribution in [0.25, 0.3) is 22.9 Å². The first-order valence-electron chi connectivity index (χ1n) is 14.1. The maximum Gasteiger partial charge on any atom is 0.338 e. The highest BCUT2D eigenvalue weighted by Crippen LogP contribution is 2.34. The Labute approximate surface area is 258 Å². The van der Waals surface area contributed by atoms with E-state index in [0.29, 0.717) is 31.2 Å². The number of hydrogen-bond acceptors (Lipinski definition) is 5. The van der Waals surface area contributed by atoms with Crippen molar-refractivity contribution in [2.24, 2.45) is 4.99 Å². The summed E-state index contributed by atoms with van der Waals surface area (Å²) in [5.74, 6) is -0.509. The van der Waals surface area contributed by atoms with Crippen molar-refractivity contribution in [1.82, 2.24) is 9.13 Å². The first-order valence-corrected chi connectivity index (χ1v) is 15.3. The number of nitrogens with zero attached hydrogens (tertiary/aromatic N) is 3. The summed E-state index contributed by atoms with van der Waals surface area (Å²) in [5, 5.41) is 0.459. The van der Waals surface area contributed by atoms with E-state index in [0.717, 1.165) is 28.2 Å². The molecule has 0 amide bonds. The molecule has 1 aliphatic rings. The molecule has 0 saturated heterocycles. The largest absolute Gasteiger partial charge is 0.463 e. The molecular weight excluding hydrogens is 578 g/mol. The molecule has 43 heavy (non-hydrogen) atoms. The van der Waals surface area contributed by atoms with Crippen molar-refractivity contribution < 1.29 is 9.53 Å². The second-order valence-electron chi connectivity index (χ2n) is 10.4. The third-order valence-corrected chi connectivity index (χ3v) is 9.03. The lowest BCUT2D eigenvalue weighted by molar-refractivity contribution is -0.139. The molecule has 0 N–H and O–H groups in total. The Kier molecular flexibility index (Phi) is 7.77. The summed E-state index contributed by atoms with van der Waals surface area (Å²) in [6.07, 6.45) is 1.91. The molecule has 0 spiro atoms. The van der Waals surface area contributed by atoms with Crippen LogP contribution < -0.4 is 14.9 Å². The summed E-state index contributed by atoms with van der Waals surface area (Å²) in [7, 11) is 0. The van der Waals surface area contributed by atoms with Gasteiger partial charge in [0.2, 0.25) is 0 Å². The second kappa shape index (κ2) is 11.7. The van der Waals surface area contributed by atoms with Crippen molar-refractivity contribution >= 4 is 35.0 Å². The number of benzene rings is 3. The molecule has 1 aliphatic heterocycles. The van der Waals surface area contributed by atoms with Gasteiger partial charge >= 0.3 is 5.97 Å². The molecule has 3 aromatic carbocycles. The van der Waals surface area contributed by atoms with Crippen LogP contribution in [-0.4, -0.2) is 21.7 Å². The summed E-state index contributed by atoms with van der Waals surface area (Å²) in [4.78, 5) is 32.4. The first-order chi connectivity index (χ1) is 20.8. The van der Waals surface area contributed by atoms with E-state index < -0.39 is 12.0 Å². The third-order valence-electron chi connectivity index (χ3n) is 7.71. The zero-order valence-electron chi connectivity index (χ0n) is 24.3. The molecular formula is C35H30ClN3O3S. The number of thiazole rings is 1. The number of carbonyl (C=O) groups is 1. The van der Waals surface area contributed by atoms with Crippen LogP contribution in [0.3, 0.4) is 0 Å². The molecule has 2 aromatic heterocycles. The predicted molar refractivity (Wildman–Crippen MR) is 173 cm³/mol. The first kappa shape index (κ1) is 28.6. The minimum Gasteiger partial charge on any atom is -0.463 e. The Morgan fingerprint density at radius 2 is 1.65 bits per heavy atom. The standard InChI is InChI=1S/C35H30ClN3O3S/c1-5-42-34(41)31-22(3)37-35-39(32(31)28-13-9-10-14-29(28)36)33(40)30(43-35)20-26-19-21(2)38(23(26)4)27-17-15-25(16-18-27)24-11-7-6-8-12-24/h6-20,32H,5H2,1-4H3/b30-20-/t32-/m0/s1. The van der Waals surface area contributed by atoms with Gasteiger partial charge in [0, 0.05) is 22.1 Å². The van der Waals surface area contributed by atoms with E-state index in [1.54, 1.807) is 24.5 Å². The van der Waals surface area contributed by atoms with Gasteiger partial charge < -0.3 is 9.30 Å². The van der Waals surface area contributed by atoms with Gasteiger partial charge in [0.05, 0.1) is 22.4 Å². The molecule has 0 fully saturated rings. The Hall–Kier alpha value is -4.46. The van der Waals surface area contributed by atoms with Gasteiger partial charge in [0.25, 0.3) is 5.56 Å². The minimum absolute atomic E-state index is 0.208. The zero-order valence-corrected chi connectivity index (χ0v) is 25.9. The highest BCUT2D eigenvalue weighted by molar-refractivity contribution is 7.07. The Balaban J connectivity index is 1.45. The molecule has 3 heterocycles. The van der Waals surface area contributed by atoms with Crippen molar-refractivity contribution in [2.45, 2.75) is 33.7 Å². The van der Waals surface area contributed by atoms with Gasteiger partial charge in [-0.25, -0.2) is 9.79 Å². The summed E-state index contributed by atoms with van der Waals surface area (Å²) in [6, 6.07) is 27.4. The average molecular weight is 608 g/mol. The minimum atomic E-state index is -0.748. The molecule has 6 rings (SSSR count). The van der Waals surface area contributed by atoms with E-state index in [1.807, 2.05) is 42.5 Å². The molecule has 0 unspecified atom stereocenters. The smallest absolute Gasteiger partial charge is 0.338 e. The molecule has 1 atom stereocenters. The van der Waals surface area contributed by atoms with Gasteiger partial charge in [-0.05, 0) is 80.3 Å². The summed E-state index contributed by atoms with van der Waals surface area (Å²) in [5.41, 5.74) is 7.60. The van der Waals surface area contributed by atoms with Gasteiger partial charge in [0.15, 0.2) is 4.80 Å². The fraction of sp³-hybridized carbons (Fsp3) is 0.171. The Morgan fingerprint density at radius 3 is 2.35 bits per heavy atom. The molecule has 8 heteroatoms. The summed E-state index contributed by atoms with van der Waals surface area (Å²) in [6.45, 7) is 7.84. The number of aryl methyl sites for hydroxylation is 1. The van der Waals surface area contributed by atoms with Crippen molar-refractivity contribution in [3.8, 4) is 16.8 Å². The summed E-state index contributed by atoms with van der Waals surface area (Å²) >= 11 is 7.92. The number of fused-ring (bicyclic) bond motifs is 1. The highest BCUT2D eigenvalue weighted by Gasteiger charge is 2.34. The normalized spacial score (nSPS) is 14.9. The average Bonchev–Trinajstić information content (AvgIpc) is 3.46. The maximum atomic E-state index is 14.0. The Morgan fingerprint density at radius 1 is 0.977 bits per heavy atom. The van der Waals surface area contributed by atoms with Crippen LogP contribution in [0.2, 0.25) is 5.02 Å². The van der Waals surface area contributed by atoms with Gasteiger partial charge in [-0.2, -0.15) is 0 Å². The lowest BCUT2D eigenvalue weighted by atomic mass is 9.96. The van der Waals surface area contributed by atoms with Crippen LogP contribution in [0.5, 0.6) is 0 Å². The van der Waals surface area contributed by atoms with Crippen molar-refractivity contribution in [3.05, 3.63) is 143 Å². The van der Waals surface area contributed by atoms with Crippen LogP contribution in [0.15, 0.2) is 106 Å². The molecule has 0 bridgehead atoms. The van der Waals surface area contributed by atoms with E-state index in [2.05, 4.69) is 65.9 Å². The van der Waals surface area contributed by atoms with Crippen LogP contribution in [-0.2, 0) is 9.53 Å². The van der Waals surface area contributed by atoms with Gasteiger partial charge in [0.1, 0.15) is 6.04 Å². The van der Waals surface area contributed by atoms with Gasteiger partial charge in [-0.3, -0.25) is 9.36 Å². The van der Waals surface area contributed by atoms with Crippen LogP contribution >= 0.6 is 22.9 Å². The number of halogens is 1. The Bertz CT molecular complexity index is 2070. The van der Waals surface area contributed by atoms with E-state index >= 15 is 0 Å². The number of ether oxygens (including phenoxy) is 1. The van der Waals surface area contributed by atoms with Gasteiger partial charge in [-0.15, -0.1) is 0 Å². The number of allylic oxidation sites excluding steroid dienone is 1. The second-order valence-corrected chi connectivity index (χ2v) is 11.8. The molecule has 216 valence electrons. The zero-order chi connectivity index (χ0) is 30.2. The van der Waals surface area contributed by atoms with E-state index in [-0.39, 0.29) is 12.2 Å². The number of aromatic nitrogens is 2. The molecule has 0 saturated carbocycles. The molecule has 6 nitrogen and oxygen atoms in total. The predicted octanol–water partition coefficient (Wildman–Crippen LogP) is 6.53. The topological polar surface area (TPSA) is 65.6 Å². The number of rotatable bonds is 6. The quantitative estimate of drug-likeness (QED) is 0.206. The maximum absolute atomic E-state index is 14.0. The van der Waals surface area contributed by atoms with E-state index in [4.69, 9.17) is 16.3 Å². The molecule has 5 aromatic rings. The molecule has 0 aliphatic carbocycles. The van der Waals surface area contributed by atoms with Crippen molar-refractivity contribution in [3.63, 3.8) is 0 Å². The fourth-order valence-electron chi connectivity index (χ4n) is 5.69. The lowest BCUT2D eigenvalue weighted by Crippen LogP contribution is -2.40. The van der Waals surface area contributed by atoms with Crippen LogP contribution in [0, 0.1) is 13.8 Å². The van der Waals surface area contributed by atoms with Crippen LogP contribution in [0.4, 0.5) is 0 Å². The SMILES string of the molecule is CCOC(=O)C1=C(C)N=c2s/c(=C\c3cc(C)n(-c4ccc(-c5ccccc5)cc4)c3C)c(=O)n2[C@H]1c1ccccc1Cl.